The molecule has 0 unspecified atom stereocenters. The van der Waals surface area contributed by atoms with Gasteiger partial charge in [0.15, 0.2) is 17.3 Å². The fourth-order valence-corrected chi connectivity index (χ4v) is 10.9. The average Bonchev–Trinajstić information content (AvgIpc) is 4.12. The number of nitrogen functional groups attached to an aromatic ring is 3. The lowest BCUT2D eigenvalue weighted by Crippen LogP contribution is -2.41. The summed E-state index contributed by atoms with van der Waals surface area (Å²) in [4.78, 5) is 94.8. The van der Waals surface area contributed by atoms with Crippen molar-refractivity contribution in [2.45, 2.75) is 81.8 Å². The van der Waals surface area contributed by atoms with Gasteiger partial charge < -0.3 is 65.3 Å². The van der Waals surface area contributed by atoms with E-state index in [-0.39, 0.29) is 51.1 Å². The number of Topliss-reactive ketones (excluding diaryl/α,β-unsaturated/α-hetero) is 3. The van der Waals surface area contributed by atoms with E-state index in [0.717, 1.165) is 16.6 Å². The Hall–Kier alpha value is -9.36. The molecule has 82 heavy (non-hydrogen) atoms. The monoisotopic (exact) mass is 1100 g/mol. The minimum absolute atomic E-state index is 0.194. The number of carbonyl (C=O) groups is 6. The number of nitrogens with one attached hydrogen (secondary N) is 6. The maximum atomic E-state index is 14.6. The molecule has 0 bridgehead atoms. The average molecular weight is 1100 g/mol. The van der Waals surface area contributed by atoms with E-state index in [9.17, 15) is 28.8 Å². The summed E-state index contributed by atoms with van der Waals surface area (Å²) in [5.74, 6) is -3.15. The SMILES string of the molecule is NCCCC[C@@H](NC(=O)c1cccc2[nH]ccc12)C(=O)c1ccc(C(c2ccc(C(=O)[C@@H](CCCCN)NC(=O)c3cccc4[nH]ccc34)cc2N)c2ccc(C(=O)[C@@H](CCCCN)NC(=O)c3cccc4[nH]ccc34)cc2N)c(N)c1. The van der Waals surface area contributed by atoms with Crippen molar-refractivity contribution in [2.24, 2.45) is 17.2 Å². The second-order valence-electron chi connectivity index (χ2n) is 20.7. The predicted octanol–water partition coefficient (Wildman–Crippen LogP) is 8.39. The number of rotatable bonds is 27. The Kier molecular flexibility index (Phi) is 18.4. The molecule has 3 amide bonds. The highest BCUT2D eigenvalue weighted by molar-refractivity contribution is 6.12. The number of amides is 3. The number of aromatic nitrogens is 3. The zero-order valence-electron chi connectivity index (χ0n) is 45.6. The normalized spacial score (nSPS) is 12.6. The lowest BCUT2D eigenvalue weighted by Gasteiger charge is -2.26. The van der Waals surface area contributed by atoms with E-state index in [4.69, 9.17) is 34.4 Å². The van der Waals surface area contributed by atoms with Crippen LogP contribution in [0.15, 0.2) is 146 Å². The molecule has 422 valence electrons. The number of benzene rings is 6. The van der Waals surface area contributed by atoms with Crippen molar-refractivity contribution in [2.75, 3.05) is 36.8 Å². The first kappa shape index (κ1) is 57.3. The Morgan fingerprint density at radius 1 is 0.378 bits per heavy atom. The Balaban J connectivity index is 1.06. The number of hydrogen-bond acceptors (Lipinski definition) is 12. The molecule has 18 nitrogen and oxygen atoms in total. The highest BCUT2D eigenvalue weighted by Crippen LogP contribution is 2.42. The molecular formula is C64H70N12O6. The van der Waals surface area contributed by atoms with Crippen LogP contribution >= 0.6 is 0 Å². The van der Waals surface area contributed by atoms with Gasteiger partial charge in [0, 0.05) is 108 Å². The molecule has 18 N–H and O–H groups in total. The molecule has 6 aromatic carbocycles. The van der Waals surface area contributed by atoms with Gasteiger partial charge in [-0.05, 0) is 167 Å². The highest BCUT2D eigenvalue weighted by Gasteiger charge is 2.31. The van der Waals surface area contributed by atoms with E-state index in [1.807, 2.05) is 36.4 Å². The van der Waals surface area contributed by atoms with E-state index in [1.165, 1.54) is 0 Å². The second kappa shape index (κ2) is 26.3. The van der Waals surface area contributed by atoms with Crippen molar-refractivity contribution in [3.63, 3.8) is 0 Å². The summed E-state index contributed by atoms with van der Waals surface area (Å²) in [5.41, 5.74) is 45.1. The minimum Gasteiger partial charge on any atom is -0.398 e. The molecule has 0 aliphatic carbocycles. The number of nitrogens with two attached hydrogens (primary N) is 6. The molecule has 3 atom stereocenters. The van der Waals surface area contributed by atoms with E-state index >= 15 is 0 Å². The molecule has 9 rings (SSSR count). The summed E-state index contributed by atoms with van der Waals surface area (Å²) in [7, 11) is 0. The van der Waals surface area contributed by atoms with Gasteiger partial charge in [-0.25, -0.2) is 0 Å². The summed E-state index contributed by atoms with van der Waals surface area (Å²) >= 11 is 0. The van der Waals surface area contributed by atoms with Crippen LogP contribution in [0.1, 0.15) is 143 Å². The van der Waals surface area contributed by atoms with Crippen molar-refractivity contribution in [1.82, 2.24) is 30.9 Å². The van der Waals surface area contributed by atoms with Crippen LogP contribution in [0.3, 0.4) is 0 Å². The molecule has 0 spiro atoms. The fraction of sp³-hybridized carbons (Fsp3) is 0.250. The molecule has 0 aliphatic rings. The van der Waals surface area contributed by atoms with Gasteiger partial charge in [0.05, 0.1) is 18.1 Å². The van der Waals surface area contributed by atoms with Gasteiger partial charge in [-0.2, -0.15) is 0 Å². The summed E-state index contributed by atoms with van der Waals surface area (Å²) in [6, 6.07) is 33.5. The third-order valence-electron chi connectivity index (χ3n) is 15.3. The van der Waals surface area contributed by atoms with Crippen LogP contribution in [0.2, 0.25) is 0 Å². The van der Waals surface area contributed by atoms with Crippen LogP contribution in [-0.2, 0) is 0 Å². The van der Waals surface area contributed by atoms with E-state index in [0.29, 0.717) is 127 Å². The quantitative estimate of drug-likeness (QED) is 0.01000. The number of hydrogen-bond donors (Lipinski definition) is 12. The van der Waals surface area contributed by atoms with Crippen LogP contribution in [0.25, 0.3) is 32.7 Å². The number of anilines is 3. The zero-order valence-corrected chi connectivity index (χ0v) is 45.6. The lowest BCUT2D eigenvalue weighted by atomic mass is 9.80. The van der Waals surface area contributed by atoms with Crippen LogP contribution in [0.4, 0.5) is 17.1 Å². The van der Waals surface area contributed by atoms with Gasteiger partial charge in [0.1, 0.15) is 0 Å². The fourth-order valence-electron chi connectivity index (χ4n) is 10.9. The second-order valence-corrected chi connectivity index (χ2v) is 20.7. The van der Waals surface area contributed by atoms with Crippen LogP contribution in [0.5, 0.6) is 0 Å². The molecule has 0 fully saturated rings. The van der Waals surface area contributed by atoms with Gasteiger partial charge in [-0.3, -0.25) is 28.8 Å². The number of fused-ring (bicyclic) bond motifs is 3. The Morgan fingerprint density at radius 3 is 0.939 bits per heavy atom. The third kappa shape index (κ3) is 12.6. The van der Waals surface area contributed by atoms with Crippen LogP contribution < -0.4 is 50.4 Å². The lowest BCUT2D eigenvalue weighted by molar-refractivity contribution is 0.0852. The first-order valence-electron chi connectivity index (χ1n) is 27.8. The van der Waals surface area contributed by atoms with Crippen molar-refractivity contribution in [3.8, 4) is 0 Å². The Labute approximate surface area is 474 Å². The first-order chi connectivity index (χ1) is 39.8. The summed E-state index contributed by atoms with van der Waals surface area (Å²) in [6.07, 6.45) is 9.83. The number of aromatic amines is 3. The number of H-pyrrole nitrogens is 3. The van der Waals surface area contributed by atoms with Crippen molar-refractivity contribution < 1.29 is 28.8 Å². The van der Waals surface area contributed by atoms with Gasteiger partial charge in [0.2, 0.25) is 0 Å². The van der Waals surface area contributed by atoms with Crippen LogP contribution in [-0.4, -0.2) is 87.8 Å². The van der Waals surface area contributed by atoms with Crippen molar-refractivity contribution in [3.05, 3.63) is 196 Å². The Bertz CT molecular complexity index is 3410. The molecular weight excluding hydrogens is 1030 g/mol. The molecule has 18 heteroatoms. The highest BCUT2D eigenvalue weighted by atomic mass is 16.2. The zero-order chi connectivity index (χ0) is 57.9. The third-order valence-corrected chi connectivity index (χ3v) is 15.3. The molecule has 0 saturated heterocycles. The smallest absolute Gasteiger partial charge is 0.252 e. The summed E-state index contributed by atoms with van der Waals surface area (Å²) in [6.45, 7) is 1.23. The molecule has 3 heterocycles. The molecule has 3 aromatic heterocycles. The molecule has 9 aromatic rings. The van der Waals surface area contributed by atoms with Crippen molar-refractivity contribution in [1.29, 1.82) is 0 Å². The number of unbranched alkanes of at least 4 members (excludes halogenated alkanes) is 3. The van der Waals surface area contributed by atoms with Gasteiger partial charge in [-0.15, -0.1) is 0 Å². The number of carbonyl (C=O) groups excluding carboxylic acids is 6. The van der Waals surface area contributed by atoms with E-state index in [2.05, 4.69) is 30.9 Å². The van der Waals surface area contributed by atoms with Gasteiger partial charge >= 0.3 is 0 Å². The van der Waals surface area contributed by atoms with Crippen molar-refractivity contribution >= 4 is 84.8 Å². The Morgan fingerprint density at radius 2 is 0.671 bits per heavy atom. The summed E-state index contributed by atoms with van der Waals surface area (Å²) in [5, 5.41) is 11.1. The maximum Gasteiger partial charge on any atom is 0.252 e. The van der Waals surface area contributed by atoms with E-state index in [1.54, 1.807) is 110 Å². The van der Waals surface area contributed by atoms with Gasteiger partial charge in [-0.1, -0.05) is 54.6 Å². The minimum atomic E-state index is -0.923. The molecule has 0 aliphatic heterocycles. The molecule has 0 saturated carbocycles. The molecule has 0 radical (unpaired) electrons. The first-order valence-corrected chi connectivity index (χ1v) is 27.8. The van der Waals surface area contributed by atoms with Gasteiger partial charge in [0.25, 0.3) is 17.7 Å². The predicted molar refractivity (Wildman–Crippen MR) is 324 cm³/mol. The van der Waals surface area contributed by atoms with Crippen LogP contribution in [0, 0.1) is 0 Å². The van der Waals surface area contributed by atoms with E-state index < -0.39 is 41.8 Å². The topological polar surface area (TPSA) is 342 Å². The maximum absolute atomic E-state index is 14.6. The number of ketones is 3. The standard InChI is InChI=1S/C64H70N12O6/c65-28-4-1-13-55(74-62(80)43-10-7-16-52-40(43)25-31-71-52)59(77)37-19-22-46(49(68)34-37)58(47-23-20-38(35-50(47)69)60(78)56(14-2-5-29-66)75-63(81)44-11-8-17-53-41(44)26-32-72-53)48-24-21-39(36-51(48)70)61(79)57(15-3-6-30-67)76-64(82)45-12-9-18-54-42(45)27-33-73-54/h7-12,16-27,31-36,55-58,71-73H,1-6,13-15,28-30,65-70H2,(H,74,80)(H,75,81)(H,76,82)/t55-,56-,57-/m1/s1. The largest absolute Gasteiger partial charge is 0.398 e. The summed E-state index contributed by atoms with van der Waals surface area (Å²) < 4.78 is 0.